The molecule has 0 saturated carbocycles. The van der Waals surface area contributed by atoms with Crippen LogP contribution in [0.1, 0.15) is 80.7 Å². The molecule has 0 aliphatic carbocycles. The lowest BCUT2D eigenvalue weighted by molar-refractivity contribution is 0.0185. The number of amides is 1. The quantitative estimate of drug-likeness (QED) is 0.558. The normalized spacial score (nSPS) is 14.6. The van der Waals surface area contributed by atoms with E-state index in [9.17, 15) is 10.1 Å². The van der Waals surface area contributed by atoms with Gasteiger partial charge in [-0.05, 0) is 39.2 Å². The van der Waals surface area contributed by atoms with Crippen LogP contribution in [0.3, 0.4) is 0 Å². The highest BCUT2D eigenvalue weighted by Crippen LogP contribution is 2.35. The molecule has 1 heterocycles. The zero-order valence-electron chi connectivity index (χ0n) is 18.9. The van der Waals surface area contributed by atoms with Crippen molar-refractivity contribution in [2.24, 2.45) is 0 Å². The van der Waals surface area contributed by atoms with Gasteiger partial charge in [-0.25, -0.2) is 4.79 Å². The smallest absolute Gasteiger partial charge is 0.410 e. The number of piperidine rings is 1. The second kappa shape index (κ2) is 14.1. The number of carbonyl (C=O) groups is 1. The lowest BCUT2D eigenvalue weighted by Crippen LogP contribution is -2.46. The molecule has 1 fully saturated rings. The molecule has 2 rings (SSSR count). The second-order valence-electron chi connectivity index (χ2n) is 6.53. The average molecular weight is 377 g/mol. The van der Waals surface area contributed by atoms with E-state index in [1.807, 2.05) is 92.6 Å². The molecule has 1 aliphatic rings. The van der Waals surface area contributed by atoms with Crippen molar-refractivity contribution in [2.45, 2.75) is 86.2 Å². The maximum Gasteiger partial charge on any atom is 0.410 e. The highest BCUT2D eigenvalue weighted by molar-refractivity contribution is 5.68. The van der Waals surface area contributed by atoms with Crippen LogP contribution in [0.25, 0.3) is 0 Å². The summed E-state index contributed by atoms with van der Waals surface area (Å²) in [6.45, 7) is 18.7. The molecule has 1 aromatic rings. The van der Waals surface area contributed by atoms with Crippen LogP contribution in [0.5, 0.6) is 0 Å². The minimum absolute atomic E-state index is 0.290. The predicted octanol–water partition coefficient (Wildman–Crippen LogP) is 6.56. The Morgan fingerprint density at radius 1 is 1.00 bits per heavy atom. The average Bonchev–Trinajstić information content (AvgIpc) is 2.72. The van der Waals surface area contributed by atoms with Gasteiger partial charge in [0.2, 0.25) is 0 Å². The molecule has 1 saturated heterocycles. The maximum atomic E-state index is 12.1. The van der Waals surface area contributed by atoms with Gasteiger partial charge in [0.25, 0.3) is 0 Å². The summed E-state index contributed by atoms with van der Waals surface area (Å²) in [5.41, 5.74) is 0.0661. The Balaban J connectivity index is 0. The Morgan fingerprint density at radius 3 is 1.81 bits per heavy atom. The van der Waals surface area contributed by atoms with Gasteiger partial charge < -0.3 is 9.64 Å². The lowest BCUT2D eigenvalue weighted by Gasteiger charge is -2.38. The van der Waals surface area contributed by atoms with E-state index in [0.29, 0.717) is 25.9 Å². The third-order valence-corrected chi connectivity index (χ3v) is 3.81. The molecule has 1 aromatic carbocycles. The van der Waals surface area contributed by atoms with E-state index in [2.05, 4.69) is 6.07 Å². The van der Waals surface area contributed by atoms with E-state index in [1.54, 1.807) is 4.90 Å². The highest BCUT2D eigenvalue weighted by Gasteiger charge is 2.38. The molecular weight excluding hydrogens is 336 g/mol. The predicted molar refractivity (Wildman–Crippen MR) is 115 cm³/mol. The van der Waals surface area contributed by atoms with Crippen molar-refractivity contribution in [3.8, 4) is 6.07 Å². The van der Waals surface area contributed by atoms with E-state index in [0.717, 1.165) is 5.56 Å². The Labute approximate surface area is 167 Å². The molecular formula is C23H40N2O2. The topological polar surface area (TPSA) is 53.3 Å². The number of hydrogen-bond acceptors (Lipinski definition) is 3. The van der Waals surface area contributed by atoms with Crippen molar-refractivity contribution in [3.05, 3.63) is 35.9 Å². The van der Waals surface area contributed by atoms with Gasteiger partial charge in [0.15, 0.2) is 0 Å². The van der Waals surface area contributed by atoms with E-state index >= 15 is 0 Å². The van der Waals surface area contributed by atoms with E-state index in [4.69, 9.17) is 4.74 Å². The first-order chi connectivity index (χ1) is 12.9. The highest BCUT2D eigenvalue weighted by atomic mass is 16.6. The molecule has 27 heavy (non-hydrogen) atoms. The molecule has 0 N–H and O–H groups in total. The zero-order valence-corrected chi connectivity index (χ0v) is 18.9. The third-order valence-electron chi connectivity index (χ3n) is 3.81. The van der Waals surface area contributed by atoms with Crippen LogP contribution >= 0.6 is 0 Å². The molecule has 0 atom stereocenters. The minimum atomic E-state index is -0.486. The summed E-state index contributed by atoms with van der Waals surface area (Å²) in [4.78, 5) is 13.8. The van der Waals surface area contributed by atoms with E-state index in [1.165, 1.54) is 0 Å². The van der Waals surface area contributed by atoms with Gasteiger partial charge in [0.1, 0.15) is 5.60 Å². The maximum absolute atomic E-state index is 12.1. The fourth-order valence-corrected chi connectivity index (χ4v) is 2.62. The SMILES string of the molecule is CC.CC.CC.CC(C)(C)OC(=O)N1CCC(C#N)(c2ccccc2)CC1. The fraction of sp³-hybridized carbons (Fsp3) is 0.652. The van der Waals surface area contributed by atoms with Crippen LogP contribution in [-0.2, 0) is 10.2 Å². The molecule has 0 spiro atoms. The van der Waals surface area contributed by atoms with Gasteiger partial charge in [-0.15, -0.1) is 0 Å². The molecule has 0 radical (unpaired) electrons. The van der Waals surface area contributed by atoms with Crippen LogP contribution in [0.2, 0.25) is 0 Å². The summed E-state index contributed by atoms with van der Waals surface area (Å²) in [6, 6.07) is 12.3. The monoisotopic (exact) mass is 376 g/mol. The fourth-order valence-electron chi connectivity index (χ4n) is 2.62. The van der Waals surface area contributed by atoms with Crippen molar-refractivity contribution < 1.29 is 9.53 Å². The van der Waals surface area contributed by atoms with Crippen LogP contribution in [-0.4, -0.2) is 29.7 Å². The Morgan fingerprint density at radius 2 is 1.44 bits per heavy atom. The number of benzene rings is 1. The van der Waals surface area contributed by atoms with Crippen LogP contribution in [0, 0.1) is 11.3 Å². The number of nitrogens with zero attached hydrogens (tertiary/aromatic N) is 2. The van der Waals surface area contributed by atoms with Gasteiger partial charge in [-0.1, -0.05) is 71.9 Å². The first kappa shape index (κ1) is 27.2. The molecule has 0 bridgehead atoms. The summed E-state index contributed by atoms with van der Waals surface area (Å²) in [5, 5.41) is 9.62. The molecule has 0 unspecified atom stereocenters. The molecule has 4 heteroatoms. The summed E-state index contributed by atoms with van der Waals surface area (Å²) >= 11 is 0. The van der Waals surface area contributed by atoms with Gasteiger partial charge in [0.05, 0.1) is 11.5 Å². The van der Waals surface area contributed by atoms with Gasteiger partial charge >= 0.3 is 6.09 Å². The number of hydrogen-bond donors (Lipinski definition) is 0. The largest absolute Gasteiger partial charge is 0.444 e. The summed E-state index contributed by atoms with van der Waals surface area (Å²) in [7, 11) is 0. The number of nitriles is 1. The Bertz CT molecular complexity index is 534. The number of ether oxygens (including phenoxy) is 1. The summed E-state index contributed by atoms with van der Waals surface area (Å²) in [6.07, 6.45) is 1.00. The van der Waals surface area contributed by atoms with Gasteiger partial charge in [-0.2, -0.15) is 5.26 Å². The minimum Gasteiger partial charge on any atom is -0.444 e. The Hall–Kier alpha value is -2.02. The third kappa shape index (κ3) is 8.95. The van der Waals surface area contributed by atoms with Crippen LogP contribution in [0.4, 0.5) is 4.79 Å². The zero-order chi connectivity index (χ0) is 21.5. The number of carbonyl (C=O) groups excluding carboxylic acids is 1. The van der Waals surface area contributed by atoms with Crippen molar-refractivity contribution >= 4 is 6.09 Å². The van der Waals surface area contributed by atoms with E-state index in [-0.39, 0.29) is 6.09 Å². The molecule has 154 valence electrons. The summed E-state index contributed by atoms with van der Waals surface area (Å²) in [5.74, 6) is 0. The summed E-state index contributed by atoms with van der Waals surface area (Å²) < 4.78 is 5.39. The van der Waals surface area contributed by atoms with Crippen molar-refractivity contribution in [2.75, 3.05) is 13.1 Å². The standard InChI is InChI=1S/C17H22N2O2.3C2H6/c1-16(2,3)21-15(20)19-11-9-17(13-18,10-12-19)14-7-5-4-6-8-14;3*1-2/h4-8H,9-12H2,1-3H3;3*1-2H3. The number of likely N-dealkylation sites (tertiary alicyclic amines) is 1. The van der Waals surface area contributed by atoms with Crippen LogP contribution < -0.4 is 0 Å². The first-order valence-corrected chi connectivity index (χ1v) is 10.3. The van der Waals surface area contributed by atoms with E-state index < -0.39 is 11.0 Å². The molecule has 1 aliphatic heterocycles. The van der Waals surface area contributed by atoms with Gasteiger partial charge in [-0.3, -0.25) is 0 Å². The molecule has 1 amide bonds. The first-order valence-electron chi connectivity index (χ1n) is 10.3. The van der Waals surface area contributed by atoms with Crippen LogP contribution in [0.15, 0.2) is 30.3 Å². The second-order valence-corrected chi connectivity index (χ2v) is 6.53. The van der Waals surface area contributed by atoms with Crippen molar-refractivity contribution in [1.82, 2.24) is 4.90 Å². The number of rotatable bonds is 1. The Kier molecular flexibility index (Phi) is 14.2. The van der Waals surface area contributed by atoms with Crippen molar-refractivity contribution in [3.63, 3.8) is 0 Å². The van der Waals surface area contributed by atoms with Gasteiger partial charge in [0, 0.05) is 13.1 Å². The van der Waals surface area contributed by atoms with Crippen molar-refractivity contribution in [1.29, 1.82) is 5.26 Å². The lowest BCUT2D eigenvalue weighted by atomic mass is 9.74. The molecule has 4 nitrogen and oxygen atoms in total. The molecule has 0 aromatic heterocycles.